The second-order valence-electron chi connectivity index (χ2n) is 6.67. The normalized spacial score (nSPS) is 20.3. The van der Waals surface area contributed by atoms with Crippen LogP contribution in [0.4, 0.5) is 5.82 Å². The van der Waals surface area contributed by atoms with Gasteiger partial charge in [0.15, 0.2) is 0 Å². The van der Waals surface area contributed by atoms with Crippen LogP contribution in [0.15, 0.2) is 12.4 Å². The number of nitrogens with zero attached hydrogens (tertiary/aromatic N) is 4. The van der Waals surface area contributed by atoms with Crippen LogP contribution in [0.25, 0.3) is 0 Å². The summed E-state index contributed by atoms with van der Waals surface area (Å²) in [6, 6.07) is 2.46. The molecule has 3 rings (SSSR count). The highest BCUT2D eigenvalue weighted by molar-refractivity contribution is 5.39. The van der Waals surface area contributed by atoms with Gasteiger partial charge in [-0.1, -0.05) is 0 Å². The van der Waals surface area contributed by atoms with Crippen LogP contribution < -0.4 is 10.6 Å². The number of rotatable bonds is 6. The first kappa shape index (κ1) is 15.9. The summed E-state index contributed by atoms with van der Waals surface area (Å²) in [6.45, 7) is 5.10. The van der Waals surface area contributed by atoms with Crippen LogP contribution in [-0.2, 0) is 6.42 Å². The van der Waals surface area contributed by atoms with Crippen LogP contribution in [-0.4, -0.2) is 39.8 Å². The molecule has 0 bridgehead atoms. The molecule has 0 atom stereocenters. The fourth-order valence-electron chi connectivity index (χ4n) is 3.25. The molecule has 0 amide bonds. The lowest BCUT2D eigenvalue weighted by atomic mass is 9.78. The Balaban J connectivity index is 1.56. The standard InChI is InChI=1S/C17H26N6/c1-11-15(12(2)22-21-11)5-4-6-23(3)17-9-16(19-10-20-17)13-7-14(18)8-13/h9-10,13-14H,4-8,18H2,1-3H3,(H,21,22). The van der Waals surface area contributed by atoms with Crippen LogP contribution in [0.1, 0.15) is 47.8 Å². The summed E-state index contributed by atoms with van der Waals surface area (Å²) >= 11 is 0. The molecule has 2 aromatic rings. The van der Waals surface area contributed by atoms with E-state index in [9.17, 15) is 0 Å². The molecule has 0 aliphatic heterocycles. The topological polar surface area (TPSA) is 83.7 Å². The Hall–Kier alpha value is -1.95. The van der Waals surface area contributed by atoms with E-state index in [-0.39, 0.29) is 0 Å². The zero-order chi connectivity index (χ0) is 16.4. The molecular formula is C17H26N6. The van der Waals surface area contributed by atoms with Crippen molar-refractivity contribution in [3.05, 3.63) is 35.0 Å². The number of anilines is 1. The van der Waals surface area contributed by atoms with Crippen molar-refractivity contribution >= 4 is 5.82 Å². The summed E-state index contributed by atoms with van der Waals surface area (Å²) in [4.78, 5) is 11.0. The van der Waals surface area contributed by atoms with Crippen LogP contribution in [0, 0.1) is 13.8 Å². The average molecular weight is 314 g/mol. The van der Waals surface area contributed by atoms with E-state index in [0.717, 1.165) is 49.4 Å². The van der Waals surface area contributed by atoms with E-state index in [0.29, 0.717) is 12.0 Å². The SMILES string of the molecule is Cc1n[nH]c(C)c1CCCN(C)c1cc(C2CC(N)C2)ncn1. The first-order valence-corrected chi connectivity index (χ1v) is 8.33. The molecule has 2 aromatic heterocycles. The monoisotopic (exact) mass is 314 g/mol. The van der Waals surface area contributed by atoms with E-state index in [1.807, 2.05) is 0 Å². The largest absolute Gasteiger partial charge is 0.360 e. The number of aryl methyl sites for hydroxylation is 2. The van der Waals surface area contributed by atoms with Crippen molar-refractivity contribution in [2.45, 2.75) is 51.5 Å². The molecule has 124 valence electrons. The third kappa shape index (κ3) is 3.52. The van der Waals surface area contributed by atoms with Crippen LogP contribution in [0.3, 0.4) is 0 Å². The zero-order valence-electron chi connectivity index (χ0n) is 14.2. The van der Waals surface area contributed by atoms with Gasteiger partial charge in [0.25, 0.3) is 0 Å². The van der Waals surface area contributed by atoms with Gasteiger partial charge in [-0.25, -0.2) is 9.97 Å². The molecule has 3 N–H and O–H groups in total. The van der Waals surface area contributed by atoms with Crippen molar-refractivity contribution in [3.63, 3.8) is 0 Å². The van der Waals surface area contributed by atoms with Crippen molar-refractivity contribution in [1.29, 1.82) is 0 Å². The van der Waals surface area contributed by atoms with E-state index >= 15 is 0 Å². The number of aromatic amines is 1. The maximum Gasteiger partial charge on any atom is 0.131 e. The Morgan fingerprint density at radius 2 is 2.09 bits per heavy atom. The Morgan fingerprint density at radius 3 is 2.74 bits per heavy atom. The molecule has 1 saturated carbocycles. The lowest BCUT2D eigenvalue weighted by Crippen LogP contribution is -2.35. The highest BCUT2D eigenvalue weighted by atomic mass is 15.2. The molecule has 1 fully saturated rings. The summed E-state index contributed by atoms with van der Waals surface area (Å²) in [5.41, 5.74) is 10.6. The quantitative estimate of drug-likeness (QED) is 0.853. The maximum atomic E-state index is 5.88. The van der Waals surface area contributed by atoms with Crippen molar-refractivity contribution in [2.75, 3.05) is 18.5 Å². The molecule has 2 heterocycles. The molecule has 0 spiro atoms. The second kappa shape index (κ2) is 6.66. The Morgan fingerprint density at radius 1 is 1.30 bits per heavy atom. The molecule has 1 aliphatic rings. The lowest BCUT2D eigenvalue weighted by molar-refractivity contribution is 0.345. The van der Waals surface area contributed by atoms with Gasteiger partial charge in [0.05, 0.1) is 5.69 Å². The summed E-state index contributed by atoms with van der Waals surface area (Å²) in [5, 5.41) is 7.30. The van der Waals surface area contributed by atoms with E-state index in [1.54, 1.807) is 6.33 Å². The second-order valence-corrected chi connectivity index (χ2v) is 6.67. The number of nitrogens with one attached hydrogen (secondary N) is 1. The van der Waals surface area contributed by atoms with Crippen LogP contribution in [0.5, 0.6) is 0 Å². The third-order valence-corrected chi connectivity index (χ3v) is 4.86. The van der Waals surface area contributed by atoms with Gasteiger partial charge in [0.1, 0.15) is 12.1 Å². The predicted molar refractivity (Wildman–Crippen MR) is 91.6 cm³/mol. The van der Waals surface area contributed by atoms with Crippen molar-refractivity contribution in [3.8, 4) is 0 Å². The Labute approximate surface area is 137 Å². The molecule has 0 saturated heterocycles. The molecule has 1 aliphatic carbocycles. The fraction of sp³-hybridized carbons (Fsp3) is 0.588. The number of aromatic nitrogens is 4. The van der Waals surface area contributed by atoms with Crippen molar-refractivity contribution < 1.29 is 0 Å². The smallest absolute Gasteiger partial charge is 0.131 e. The number of hydrogen-bond donors (Lipinski definition) is 2. The third-order valence-electron chi connectivity index (χ3n) is 4.86. The number of H-pyrrole nitrogens is 1. The summed E-state index contributed by atoms with van der Waals surface area (Å²) in [6.07, 6.45) is 5.87. The molecule has 23 heavy (non-hydrogen) atoms. The molecule has 6 heteroatoms. The van der Waals surface area contributed by atoms with Crippen molar-refractivity contribution in [2.24, 2.45) is 5.73 Å². The van der Waals surface area contributed by atoms with E-state index in [2.05, 4.69) is 52.0 Å². The lowest BCUT2D eigenvalue weighted by Gasteiger charge is -2.32. The fourth-order valence-corrected chi connectivity index (χ4v) is 3.25. The Kier molecular flexibility index (Phi) is 4.61. The molecular weight excluding hydrogens is 288 g/mol. The van der Waals surface area contributed by atoms with Crippen molar-refractivity contribution in [1.82, 2.24) is 20.2 Å². The zero-order valence-corrected chi connectivity index (χ0v) is 14.2. The van der Waals surface area contributed by atoms with E-state index in [4.69, 9.17) is 5.73 Å². The van der Waals surface area contributed by atoms with Gasteiger partial charge in [-0.05, 0) is 45.1 Å². The van der Waals surface area contributed by atoms with E-state index < -0.39 is 0 Å². The maximum absolute atomic E-state index is 5.88. The predicted octanol–water partition coefficient (Wildman–Crippen LogP) is 2.09. The highest BCUT2D eigenvalue weighted by Gasteiger charge is 2.28. The minimum absolute atomic E-state index is 0.345. The van der Waals surface area contributed by atoms with Crippen LogP contribution >= 0.6 is 0 Å². The van der Waals surface area contributed by atoms with Gasteiger partial charge in [-0.15, -0.1) is 0 Å². The van der Waals surface area contributed by atoms with Gasteiger partial charge in [-0.2, -0.15) is 5.10 Å². The summed E-state index contributed by atoms with van der Waals surface area (Å²) in [7, 11) is 2.09. The number of nitrogens with two attached hydrogens (primary N) is 1. The molecule has 0 unspecified atom stereocenters. The van der Waals surface area contributed by atoms with Crippen LogP contribution in [0.2, 0.25) is 0 Å². The van der Waals surface area contributed by atoms with Gasteiger partial charge in [0.2, 0.25) is 0 Å². The Bertz CT molecular complexity index is 639. The minimum Gasteiger partial charge on any atom is -0.360 e. The highest BCUT2D eigenvalue weighted by Crippen LogP contribution is 2.35. The summed E-state index contributed by atoms with van der Waals surface area (Å²) < 4.78 is 0. The molecule has 0 radical (unpaired) electrons. The van der Waals surface area contributed by atoms with E-state index in [1.165, 1.54) is 11.3 Å². The van der Waals surface area contributed by atoms with Gasteiger partial charge in [0, 0.05) is 43.0 Å². The number of hydrogen-bond acceptors (Lipinski definition) is 5. The minimum atomic E-state index is 0.345. The average Bonchev–Trinajstić information content (AvgIpc) is 2.83. The van der Waals surface area contributed by atoms with Gasteiger partial charge < -0.3 is 10.6 Å². The first-order valence-electron chi connectivity index (χ1n) is 8.33. The first-order chi connectivity index (χ1) is 11.0. The molecule has 0 aromatic carbocycles. The molecule has 6 nitrogen and oxygen atoms in total. The summed E-state index contributed by atoms with van der Waals surface area (Å²) in [5.74, 6) is 1.51. The van der Waals surface area contributed by atoms with Gasteiger partial charge in [-0.3, -0.25) is 5.10 Å². The van der Waals surface area contributed by atoms with Gasteiger partial charge >= 0.3 is 0 Å².